The maximum Gasteiger partial charge on any atom is 0.160 e. The van der Waals surface area contributed by atoms with Crippen molar-refractivity contribution in [3.63, 3.8) is 0 Å². The highest BCUT2D eigenvalue weighted by molar-refractivity contribution is 14.2. The maximum atomic E-state index is 12.6. The van der Waals surface area contributed by atoms with Crippen molar-refractivity contribution in [2.45, 2.75) is 0 Å². The minimum absolute atomic E-state index is 0.484. The summed E-state index contributed by atoms with van der Waals surface area (Å²) >= 11 is 2.00. The number of hydrogen-bond acceptors (Lipinski definition) is 1. The molecule has 0 aliphatic carbocycles. The summed E-state index contributed by atoms with van der Waals surface area (Å²) in [4.78, 5) is 0. The highest BCUT2D eigenvalue weighted by Crippen LogP contribution is 2.10. The van der Waals surface area contributed by atoms with Crippen LogP contribution in [0.2, 0.25) is 0 Å². The van der Waals surface area contributed by atoms with E-state index in [2.05, 4.69) is 11.2 Å². The first-order valence-corrected chi connectivity index (χ1v) is 6.33. The standard InChI is InChI=1S/C8H3F2IS/c9-7-2-1-6(3-4-12-11)5-8(7)10/h1-2,5H. The minimum Gasteiger partial charge on any atom is -0.204 e. The van der Waals surface area contributed by atoms with Crippen LogP contribution in [0, 0.1) is 22.8 Å². The molecule has 0 unspecified atom stereocenters. The molecular formula is C8H3F2IS. The molecule has 0 atom stereocenters. The third-order valence-electron chi connectivity index (χ3n) is 1.15. The molecule has 1 aromatic carbocycles. The van der Waals surface area contributed by atoms with Gasteiger partial charge in [0.05, 0.1) is 0 Å². The van der Waals surface area contributed by atoms with Crippen LogP contribution in [0.1, 0.15) is 5.56 Å². The fourth-order valence-corrected chi connectivity index (χ4v) is 1.14. The third kappa shape index (κ3) is 2.64. The van der Waals surface area contributed by atoms with Crippen LogP contribution in [-0.2, 0) is 0 Å². The van der Waals surface area contributed by atoms with E-state index >= 15 is 0 Å². The molecular weight excluding hydrogens is 293 g/mol. The molecule has 62 valence electrons. The molecule has 12 heavy (non-hydrogen) atoms. The first-order valence-electron chi connectivity index (χ1n) is 2.97. The number of rotatable bonds is 0. The van der Waals surface area contributed by atoms with Crippen molar-refractivity contribution in [2.24, 2.45) is 0 Å². The average molecular weight is 296 g/mol. The second kappa shape index (κ2) is 4.67. The zero-order chi connectivity index (χ0) is 8.97. The van der Waals surface area contributed by atoms with Gasteiger partial charge in [-0.05, 0) is 32.4 Å². The zero-order valence-corrected chi connectivity index (χ0v) is 8.75. The fraction of sp³-hybridized carbons (Fsp3) is 0. The molecule has 0 nitrogen and oxygen atoms in total. The molecule has 1 rings (SSSR count). The molecule has 0 amide bonds. The van der Waals surface area contributed by atoms with E-state index in [1.807, 2.05) is 21.2 Å². The Labute approximate surface area is 85.3 Å². The highest BCUT2D eigenvalue weighted by atomic mass is 127. The molecule has 0 N–H and O–H groups in total. The van der Waals surface area contributed by atoms with E-state index in [4.69, 9.17) is 0 Å². The van der Waals surface area contributed by atoms with Gasteiger partial charge in [0, 0.05) is 26.8 Å². The van der Waals surface area contributed by atoms with Crippen molar-refractivity contribution in [1.82, 2.24) is 0 Å². The summed E-state index contributed by atoms with van der Waals surface area (Å²) in [6.07, 6.45) is 0. The lowest BCUT2D eigenvalue weighted by Crippen LogP contribution is -1.83. The normalized spacial score (nSPS) is 8.92. The number of halogens is 3. The smallest absolute Gasteiger partial charge is 0.160 e. The van der Waals surface area contributed by atoms with Gasteiger partial charge >= 0.3 is 0 Å². The molecule has 0 aromatic heterocycles. The van der Waals surface area contributed by atoms with Crippen molar-refractivity contribution in [3.8, 4) is 11.2 Å². The Kier molecular flexibility index (Phi) is 3.82. The molecule has 0 saturated carbocycles. The molecule has 0 bridgehead atoms. The molecule has 4 heteroatoms. The molecule has 1 aromatic rings. The monoisotopic (exact) mass is 296 g/mol. The molecule has 0 saturated heterocycles. The van der Waals surface area contributed by atoms with Crippen LogP contribution < -0.4 is 0 Å². The van der Waals surface area contributed by atoms with Crippen LogP contribution in [0.5, 0.6) is 0 Å². The number of hydrogen-bond donors (Lipinski definition) is 0. The van der Waals surface area contributed by atoms with Crippen LogP contribution in [-0.4, -0.2) is 0 Å². The Bertz CT molecular complexity index is 341. The van der Waals surface area contributed by atoms with Crippen molar-refractivity contribution in [3.05, 3.63) is 35.4 Å². The molecule has 0 fully saturated rings. The van der Waals surface area contributed by atoms with Crippen LogP contribution in [0.3, 0.4) is 0 Å². The lowest BCUT2D eigenvalue weighted by Gasteiger charge is -1.91. The van der Waals surface area contributed by atoms with Gasteiger partial charge in [-0.25, -0.2) is 8.78 Å². The van der Waals surface area contributed by atoms with Crippen molar-refractivity contribution < 1.29 is 8.78 Å². The Morgan fingerprint density at radius 3 is 2.58 bits per heavy atom. The van der Waals surface area contributed by atoms with Gasteiger partial charge in [0.1, 0.15) is 0 Å². The summed E-state index contributed by atoms with van der Waals surface area (Å²) in [7, 11) is 1.30. The molecule has 0 heterocycles. The van der Waals surface area contributed by atoms with Gasteiger partial charge in [0.15, 0.2) is 11.6 Å². The SMILES string of the molecule is Fc1ccc(C#CSI)cc1F. The maximum absolute atomic E-state index is 12.6. The van der Waals surface area contributed by atoms with E-state index in [1.165, 1.54) is 15.0 Å². The largest absolute Gasteiger partial charge is 0.204 e. The second-order valence-corrected chi connectivity index (χ2v) is 3.61. The summed E-state index contributed by atoms with van der Waals surface area (Å²) < 4.78 is 24.9. The topological polar surface area (TPSA) is 0 Å². The number of benzene rings is 1. The van der Waals surface area contributed by atoms with Crippen molar-refractivity contribution in [2.75, 3.05) is 0 Å². The Morgan fingerprint density at radius 2 is 2.00 bits per heavy atom. The molecule has 0 spiro atoms. The van der Waals surface area contributed by atoms with Gasteiger partial charge in [-0.2, -0.15) is 0 Å². The highest BCUT2D eigenvalue weighted by Gasteiger charge is 1.99. The fourth-order valence-electron chi connectivity index (χ4n) is 0.652. The van der Waals surface area contributed by atoms with E-state index in [-0.39, 0.29) is 0 Å². The first-order chi connectivity index (χ1) is 5.74. The van der Waals surface area contributed by atoms with Gasteiger partial charge in [-0.15, -0.1) is 0 Å². The summed E-state index contributed by atoms with van der Waals surface area (Å²) in [6.45, 7) is 0. The van der Waals surface area contributed by atoms with Crippen molar-refractivity contribution in [1.29, 1.82) is 0 Å². The molecule has 0 radical (unpaired) electrons. The Balaban J connectivity index is 2.97. The molecule has 0 aliphatic heterocycles. The van der Waals surface area contributed by atoms with Gasteiger partial charge < -0.3 is 0 Å². The summed E-state index contributed by atoms with van der Waals surface area (Å²) in [5.74, 6) is 0.956. The van der Waals surface area contributed by atoms with Crippen LogP contribution in [0.15, 0.2) is 18.2 Å². The van der Waals surface area contributed by atoms with E-state index in [9.17, 15) is 8.78 Å². The first kappa shape index (κ1) is 9.81. The van der Waals surface area contributed by atoms with Crippen LogP contribution in [0.25, 0.3) is 0 Å². The Hall–Kier alpha value is -0.280. The van der Waals surface area contributed by atoms with Gasteiger partial charge in [-0.1, -0.05) is 5.92 Å². The van der Waals surface area contributed by atoms with E-state index in [0.717, 1.165) is 12.1 Å². The zero-order valence-electron chi connectivity index (χ0n) is 5.77. The summed E-state index contributed by atoms with van der Waals surface area (Å²) in [5.41, 5.74) is 0.484. The predicted molar refractivity (Wildman–Crippen MR) is 54.8 cm³/mol. The van der Waals surface area contributed by atoms with E-state index < -0.39 is 11.6 Å². The van der Waals surface area contributed by atoms with E-state index in [0.29, 0.717) is 5.56 Å². The quantitative estimate of drug-likeness (QED) is 0.522. The van der Waals surface area contributed by atoms with Gasteiger partial charge in [-0.3, -0.25) is 0 Å². The van der Waals surface area contributed by atoms with Gasteiger partial charge in [0.2, 0.25) is 0 Å². The summed E-state index contributed by atoms with van der Waals surface area (Å²) in [5, 5.41) is 2.68. The Morgan fingerprint density at radius 1 is 1.25 bits per heavy atom. The van der Waals surface area contributed by atoms with Crippen LogP contribution in [0.4, 0.5) is 8.78 Å². The summed E-state index contributed by atoms with van der Waals surface area (Å²) in [6, 6.07) is 3.59. The predicted octanol–water partition coefficient (Wildman–Crippen LogP) is 3.36. The van der Waals surface area contributed by atoms with E-state index in [1.54, 1.807) is 0 Å². The molecule has 0 aliphatic rings. The lowest BCUT2D eigenvalue weighted by atomic mass is 10.2. The second-order valence-electron chi connectivity index (χ2n) is 1.93. The van der Waals surface area contributed by atoms with Gasteiger partial charge in [0.25, 0.3) is 0 Å². The van der Waals surface area contributed by atoms with Crippen molar-refractivity contribution >= 4 is 30.1 Å². The third-order valence-corrected chi connectivity index (χ3v) is 1.99. The average Bonchev–Trinajstić information content (AvgIpc) is 2.07. The minimum atomic E-state index is -0.861. The van der Waals surface area contributed by atoms with Crippen LogP contribution >= 0.6 is 30.1 Å². The lowest BCUT2D eigenvalue weighted by molar-refractivity contribution is 0.508.